The van der Waals surface area contributed by atoms with Crippen LogP contribution in [0.4, 0.5) is 5.69 Å². The largest absolute Gasteiger partial charge is 0.379 e. The summed E-state index contributed by atoms with van der Waals surface area (Å²) < 4.78 is 0.484. The fraction of sp³-hybridized carbons (Fsp3) is 0.0909. The van der Waals surface area contributed by atoms with Gasteiger partial charge in [0, 0.05) is 21.8 Å². The highest BCUT2D eigenvalue weighted by atomic mass is 35.5. The molecule has 4 nitrogen and oxygen atoms in total. The van der Waals surface area contributed by atoms with Crippen LogP contribution in [-0.2, 0) is 6.54 Å². The Kier molecular flexibility index (Phi) is 4.06. The van der Waals surface area contributed by atoms with Crippen molar-refractivity contribution in [3.05, 3.63) is 44.3 Å². The van der Waals surface area contributed by atoms with Gasteiger partial charge in [0.25, 0.3) is 5.91 Å². The molecular formula is C11H9Cl2N3OS. The molecule has 0 radical (unpaired) electrons. The Morgan fingerprint density at radius 2 is 2.22 bits per heavy atom. The van der Waals surface area contributed by atoms with E-state index in [1.165, 1.54) is 17.4 Å². The van der Waals surface area contributed by atoms with Gasteiger partial charge in [-0.25, -0.2) is 4.98 Å². The molecule has 1 amide bonds. The topological polar surface area (TPSA) is 68.0 Å². The summed E-state index contributed by atoms with van der Waals surface area (Å²) in [5, 5.41) is 3.57. The van der Waals surface area contributed by atoms with E-state index in [1.54, 1.807) is 18.3 Å². The van der Waals surface area contributed by atoms with E-state index in [-0.39, 0.29) is 0 Å². The number of nitrogens with two attached hydrogens (primary N) is 1. The number of benzene rings is 1. The van der Waals surface area contributed by atoms with Crippen molar-refractivity contribution in [1.82, 2.24) is 4.98 Å². The molecule has 0 saturated heterocycles. The van der Waals surface area contributed by atoms with Crippen LogP contribution in [0.3, 0.4) is 0 Å². The molecule has 1 heterocycles. The van der Waals surface area contributed by atoms with Gasteiger partial charge in [0.1, 0.15) is 0 Å². The first kappa shape index (κ1) is 13.1. The smallest absolute Gasteiger partial charge is 0.250 e. The molecule has 0 atom stereocenters. The van der Waals surface area contributed by atoms with Gasteiger partial charge in [0.15, 0.2) is 4.47 Å². The van der Waals surface area contributed by atoms with Crippen molar-refractivity contribution in [3.63, 3.8) is 0 Å². The summed E-state index contributed by atoms with van der Waals surface area (Å²) in [7, 11) is 0. The van der Waals surface area contributed by atoms with Crippen LogP contribution in [0.5, 0.6) is 0 Å². The van der Waals surface area contributed by atoms with E-state index in [9.17, 15) is 4.79 Å². The molecule has 0 fully saturated rings. The summed E-state index contributed by atoms with van der Waals surface area (Å²) in [5.41, 5.74) is 6.28. The highest BCUT2D eigenvalue weighted by Crippen LogP contribution is 2.23. The van der Waals surface area contributed by atoms with Crippen molar-refractivity contribution in [1.29, 1.82) is 0 Å². The predicted octanol–water partition coefficient (Wildman–Crippen LogP) is 3.16. The van der Waals surface area contributed by atoms with Gasteiger partial charge in [-0.3, -0.25) is 4.79 Å². The number of aromatic nitrogens is 1. The summed E-state index contributed by atoms with van der Waals surface area (Å²) in [6, 6.07) is 4.94. The Labute approximate surface area is 118 Å². The second-order valence-electron chi connectivity index (χ2n) is 3.49. The summed E-state index contributed by atoms with van der Waals surface area (Å²) in [4.78, 5) is 16.2. The number of carbonyl (C=O) groups is 1. The zero-order chi connectivity index (χ0) is 13.1. The normalized spacial score (nSPS) is 10.3. The number of nitrogens with zero attached hydrogens (tertiary/aromatic N) is 1. The van der Waals surface area contributed by atoms with E-state index >= 15 is 0 Å². The molecule has 0 aliphatic rings. The van der Waals surface area contributed by atoms with Crippen LogP contribution in [0.15, 0.2) is 24.4 Å². The number of hydrogen-bond acceptors (Lipinski definition) is 4. The van der Waals surface area contributed by atoms with Gasteiger partial charge in [-0.05, 0) is 18.2 Å². The predicted molar refractivity (Wildman–Crippen MR) is 74.4 cm³/mol. The number of rotatable bonds is 4. The van der Waals surface area contributed by atoms with Crippen LogP contribution in [-0.4, -0.2) is 10.9 Å². The minimum atomic E-state index is -0.526. The molecule has 0 bridgehead atoms. The average Bonchev–Trinajstić information content (AvgIpc) is 2.73. The third-order valence-corrected chi connectivity index (χ3v) is 3.58. The van der Waals surface area contributed by atoms with Gasteiger partial charge in [-0.15, -0.1) is 11.3 Å². The molecule has 2 aromatic rings. The number of primary amides is 1. The van der Waals surface area contributed by atoms with Crippen molar-refractivity contribution in [2.45, 2.75) is 6.54 Å². The minimum Gasteiger partial charge on any atom is -0.379 e. The maximum atomic E-state index is 11.3. The molecular weight excluding hydrogens is 293 g/mol. The van der Waals surface area contributed by atoms with Gasteiger partial charge in [0.2, 0.25) is 0 Å². The summed E-state index contributed by atoms with van der Waals surface area (Å²) in [5.74, 6) is -0.526. The number of carbonyl (C=O) groups excluding carboxylic acids is 1. The van der Waals surface area contributed by atoms with Crippen molar-refractivity contribution in [2.24, 2.45) is 5.73 Å². The number of thiazole rings is 1. The lowest BCUT2D eigenvalue weighted by Gasteiger charge is -2.09. The van der Waals surface area contributed by atoms with E-state index < -0.39 is 5.91 Å². The lowest BCUT2D eigenvalue weighted by atomic mass is 10.1. The molecule has 7 heteroatoms. The zero-order valence-electron chi connectivity index (χ0n) is 9.11. The summed E-state index contributed by atoms with van der Waals surface area (Å²) in [6.45, 7) is 0.520. The second kappa shape index (κ2) is 5.56. The van der Waals surface area contributed by atoms with Crippen LogP contribution in [0.2, 0.25) is 9.49 Å². The minimum absolute atomic E-state index is 0.359. The van der Waals surface area contributed by atoms with Gasteiger partial charge in [0.05, 0.1) is 12.1 Å². The molecule has 18 heavy (non-hydrogen) atoms. The van der Waals surface area contributed by atoms with E-state index in [0.29, 0.717) is 27.3 Å². The molecule has 2 rings (SSSR count). The van der Waals surface area contributed by atoms with Crippen molar-refractivity contribution in [3.8, 4) is 0 Å². The molecule has 0 saturated carbocycles. The van der Waals surface area contributed by atoms with Gasteiger partial charge >= 0.3 is 0 Å². The second-order valence-corrected chi connectivity index (χ2v) is 5.62. The van der Waals surface area contributed by atoms with E-state index in [4.69, 9.17) is 28.9 Å². The molecule has 0 aliphatic heterocycles. The molecule has 1 aromatic heterocycles. The average molecular weight is 302 g/mol. The monoisotopic (exact) mass is 301 g/mol. The van der Waals surface area contributed by atoms with E-state index in [1.807, 2.05) is 0 Å². The first-order chi connectivity index (χ1) is 8.56. The van der Waals surface area contributed by atoms with Crippen LogP contribution >= 0.6 is 34.5 Å². The Bertz CT molecular complexity index is 585. The maximum Gasteiger partial charge on any atom is 0.250 e. The highest BCUT2D eigenvalue weighted by molar-refractivity contribution is 7.15. The SMILES string of the molecule is NC(=O)c1cc(Cl)ccc1NCc1cnc(Cl)s1. The van der Waals surface area contributed by atoms with Gasteiger partial charge in [-0.2, -0.15) is 0 Å². The number of amides is 1. The van der Waals surface area contributed by atoms with Crippen LogP contribution in [0.25, 0.3) is 0 Å². The lowest BCUT2D eigenvalue weighted by Crippen LogP contribution is -2.14. The van der Waals surface area contributed by atoms with E-state index in [0.717, 1.165) is 4.88 Å². The van der Waals surface area contributed by atoms with Crippen LogP contribution in [0, 0.1) is 0 Å². The fourth-order valence-corrected chi connectivity index (χ4v) is 2.51. The van der Waals surface area contributed by atoms with Crippen molar-refractivity contribution >= 4 is 46.1 Å². The Balaban J connectivity index is 2.16. The summed E-state index contributed by atoms with van der Waals surface area (Å²) in [6.07, 6.45) is 1.68. The fourth-order valence-electron chi connectivity index (χ4n) is 1.42. The first-order valence-electron chi connectivity index (χ1n) is 4.99. The number of hydrogen-bond donors (Lipinski definition) is 2. The lowest BCUT2D eigenvalue weighted by molar-refractivity contribution is 0.100. The highest BCUT2D eigenvalue weighted by Gasteiger charge is 2.09. The number of nitrogens with one attached hydrogen (secondary N) is 1. The molecule has 94 valence electrons. The molecule has 0 aliphatic carbocycles. The molecule has 0 unspecified atom stereocenters. The number of halogens is 2. The molecule has 0 spiro atoms. The van der Waals surface area contributed by atoms with Crippen LogP contribution < -0.4 is 11.1 Å². The van der Waals surface area contributed by atoms with E-state index in [2.05, 4.69) is 10.3 Å². The third-order valence-electron chi connectivity index (χ3n) is 2.23. The van der Waals surface area contributed by atoms with Crippen molar-refractivity contribution in [2.75, 3.05) is 5.32 Å². The molecule has 1 aromatic carbocycles. The quantitative estimate of drug-likeness (QED) is 0.911. The molecule has 3 N–H and O–H groups in total. The maximum absolute atomic E-state index is 11.3. The first-order valence-corrected chi connectivity index (χ1v) is 6.57. The Hall–Kier alpha value is -1.30. The Morgan fingerprint density at radius 1 is 1.44 bits per heavy atom. The third kappa shape index (κ3) is 3.13. The standard InChI is InChI=1S/C11H9Cl2N3OS/c12-6-1-2-9(8(3-6)10(14)17)15-4-7-5-16-11(13)18-7/h1-3,5,15H,4H2,(H2,14,17). The Morgan fingerprint density at radius 3 is 2.83 bits per heavy atom. The summed E-state index contributed by atoms with van der Waals surface area (Å²) >= 11 is 12.9. The van der Waals surface area contributed by atoms with Crippen LogP contribution in [0.1, 0.15) is 15.2 Å². The van der Waals surface area contributed by atoms with Gasteiger partial charge < -0.3 is 11.1 Å². The van der Waals surface area contributed by atoms with Crippen molar-refractivity contribution < 1.29 is 4.79 Å². The van der Waals surface area contributed by atoms with Gasteiger partial charge in [-0.1, -0.05) is 23.2 Å². The zero-order valence-corrected chi connectivity index (χ0v) is 11.4. The number of anilines is 1.